The molecule has 1 aromatic heterocycles. The second-order valence-corrected chi connectivity index (χ2v) is 4.93. The summed E-state index contributed by atoms with van der Waals surface area (Å²) in [5.41, 5.74) is 3.07. The average Bonchev–Trinajstić information content (AvgIpc) is 2.76. The molecule has 0 atom stereocenters. The first-order chi connectivity index (χ1) is 9.97. The Hall–Kier alpha value is -2.69. The van der Waals surface area contributed by atoms with Crippen LogP contribution in [0.25, 0.3) is 16.7 Å². The third-order valence-electron chi connectivity index (χ3n) is 3.48. The van der Waals surface area contributed by atoms with Crippen molar-refractivity contribution in [3.05, 3.63) is 59.2 Å². The summed E-state index contributed by atoms with van der Waals surface area (Å²) in [6.07, 6.45) is 0. The largest absolute Gasteiger partial charge is 0.478 e. The number of nitrogens with zero attached hydrogens (tertiary/aromatic N) is 2. The van der Waals surface area contributed by atoms with E-state index in [-0.39, 0.29) is 11.4 Å². The zero-order valence-electron chi connectivity index (χ0n) is 11.6. The predicted octanol–water partition coefficient (Wildman–Crippen LogP) is 3.48. The maximum absolute atomic E-state index is 13.6. The van der Waals surface area contributed by atoms with Gasteiger partial charge in [0.05, 0.1) is 22.3 Å². The number of fused-ring (bicyclic) bond motifs is 1. The molecule has 4 nitrogen and oxygen atoms in total. The van der Waals surface area contributed by atoms with E-state index in [4.69, 9.17) is 5.11 Å². The summed E-state index contributed by atoms with van der Waals surface area (Å²) in [7, 11) is 0. The van der Waals surface area contributed by atoms with Gasteiger partial charge in [-0.2, -0.15) is 0 Å². The Labute approximate surface area is 120 Å². The molecule has 0 saturated heterocycles. The van der Waals surface area contributed by atoms with Crippen LogP contribution in [0.1, 0.15) is 21.7 Å². The van der Waals surface area contributed by atoms with Crippen molar-refractivity contribution in [1.82, 2.24) is 9.55 Å². The van der Waals surface area contributed by atoms with E-state index in [0.29, 0.717) is 22.5 Å². The van der Waals surface area contributed by atoms with Gasteiger partial charge in [0.1, 0.15) is 11.6 Å². The molecule has 0 spiro atoms. The molecule has 0 amide bonds. The topological polar surface area (TPSA) is 55.1 Å². The van der Waals surface area contributed by atoms with E-state index in [0.717, 1.165) is 5.56 Å². The van der Waals surface area contributed by atoms with E-state index in [2.05, 4.69) is 4.98 Å². The second-order valence-electron chi connectivity index (χ2n) is 4.93. The Morgan fingerprint density at radius 2 is 1.95 bits per heavy atom. The quantitative estimate of drug-likeness (QED) is 0.783. The fraction of sp³-hybridized carbons (Fsp3) is 0.125. The van der Waals surface area contributed by atoms with Gasteiger partial charge in [-0.1, -0.05) is 6.07 Å². The molecule has 21 heavy (non-hydrogen) atoms. The number of carboxylic acid groups (broad SMARTS) is 1. The van der Waals surface area contributed by atoms with Crippen molar-refractivity contribution in [2.24, 2.45) is 0 Å². The van der Waals surface area contributed by atoms with Crippen LogP contribution in [0.2, 0.25) is 0 Å². The monoisotopic (exact) mass is 284 g/mol. The van der Waals surface area contributed by atoms with Crippen molar-refractivity contribution in [2.45, 2.75) is 13.8 Å². The van der Waals surface area contributed by atoms with Crippen LogP contribution in [0.15, 0.2) is 36.4 Å². The second kappa shape index (κ2) is 4.70. The van der Waals surface area contributed by atoms with Crippen LogP contribution < -0.4 is 0 Å². The van der Waals surface area contributed by atoms with E-state index < -0.39 is 5.97 Å². The van der Waals surface area contributed by atoms with E-state index in [1.807, 2.05) is 13.8 Å². The molecule has 0 fully saturated rings. The van der Waals surface area contributed by atoms with E-state index in [9.17, 15) is 9.18 Å². The molecule has 0 aliphatic rings. The van der Waals surface area contributed by atoms with Crippen molar-refractivity contribution in [1.29, 1.82) is 0 Å². The summed E-state index contributed by atoms with van der Waals surface area (Å²) in [6, 6.07) is 9.25. The van der Waals surface area contributed by atoms with Crippen molar-refractivity contribution < 1.29 is 14.3 Å². The van der Waals surface area contributed by atoms with Gasteiger partial charge in [0.2, 0.25) is 0 Å². The van der Waals surface area contributed by atoms with Crippen LogP contribution in [-0.2, 0) is 0 Å². The molecular formula is C16H13FN2O2. The number of aromatic nitrogens is 2. The lowest BCUT2D eigenvalue weighted by atomic mass is 10.1. The third kappa shape index (κ3) is 2.16. The summed E-state index contributed by atoms with van der Waals surface area (Å²) in [6.45, 7) is 3.69. The number of rotatable bonds is 2. The Morgan fingerprint density at radius 1 is 1.19 bits per heavy atom. The molecular weight excluding hydrogens is 271 g/mol. The number of benzene rings is 2. The summed E-state index contributed by atoms with van der Waals surface area (Å²) in [5.74, 6) is -0.661. The molecule has 2 aromatic carbocycles. The number of halogens is 1. The molecule has 0 bridgehead atoms. The van der Waals surface area contributed by atoms with Gasteiger partial charge in [0.15, 0.2) is 0 Å². The van der Waals surface area contributed by atoms with Gasteiger partial charge in [-0.3, -0.25) is 4.57 Å². The van der Waals surface area contributed by atoms with Gasteiger partial charge in [0.25, 0.3) is 0 Å². The highest BCUT2D eigenvalue weighted by Gasteiger charge is 2.14. The molecule has 5 heteroatoms. The number of aryl methyl sites for hydroxylation is 2. The fourth-order valence-electron chi connectivity index (χ4n) is 2.46. The maximum atomic E-state index is 13.6. The van der Waals surface area contributed by atoms with Gasteiger partial charge in [0, 0.05) is 0 Å². The highest BCUT2D eigenvalue weighted by molar-refractivity contribution is 5.93. The Morgan fingerprint density at radius 3 is 2.67 bits per heavy atom. The van der Waals surface area contributed by atoms with Crippen LogP contribution >= 0.6 is 0 Å². The molecule has 3 aromatic rings. The lowest BCUT2D eigenvalue weighted by Crippen LogP contribution is -2.01. The van der Waals surface area contributed by atoms with Crippen LogP contribution in [0, 0.1) is 19.7 Å². The molecule has 0 radical (unpaired) electrons. The zero-order valence-corrected chi connectivity index (χ0v) is 11.6. The zero-order chi connectivity index (χ0) is 15.1. The highest BCUT2D eigenvalue weighted by Crippen LogP contribution is 2.25. The minimum Gasteiger partial charge on any atom is -0.478 e. The first kappa shape index (κ1) is 13.3. The Bertz CT molecular complexity index is 868. The lowest BCUT2D eigenvalue weighted by molar-refractivity contribution is 0.0697. The first-order valence-electron chi connectivity index (χ1n) is 6.46. The highest BCUT2D eigenvalue weighted by atomic mass is 19.1. The Kier molecular flexibility index (Phi) is 2.97. The number of carboxylic acids is 1. The standard InChI is InChI=1S/C16H13FN2O2/c1-9-3-5-12(17)8-14(9)19-10(2)18-13-6-4-11(16(20)21)7-15(13)19/h3-8H,1-2H3,(H,20,21). The van der Waals surface area contributed by atoms with Gasteiger partial charge >= 0.3 is 5.97 Å². The van der Waals surface area contributed by atoms with Crippen LogP contribution in [0.4, 0.5) is 4.39 Å². The van der Waals surface area contributed by atoms with Crippen molar-refractivity contribution >= 4 is 17.0 Å². The summed E-state index contributed by atoms with van der Waals surface area (Å²) >= 11 is 0. The number of imidazole rings is 1. The predicted molar refractivity (Wildman–Crippen MR) is 77.5 cm³/mol. The number of aromatic carboxylic acids is 1. The Balaban J connectivity index is 2.35. The number of carbonyl (C=O) groups is 1. The average molecular weight is 284 g/mol. The summed E-state index contributed by atoms with van der Waals surface area (Å²) in [5, 5.41) is 9.12. The molecule has 0 aliphatic carbocycles. The fourth-order valence-corrected chi connectivity index (χ4v) is 2.46. The molecule has 106 valence electrons. The molecule has 3 rings (SSSR count). The SMILES string of the molecule is Cc1ccc(F)cc1-n1c(C)nc2ccc(C(=O)O)cc21. The van der Waals surface area contributed by atoms with Crippen LogP contribution in [-0.4, -0.2) is 20.6 Å². The molecule has 0 unspecified atom stereocenters. The van der Waals surface area contributed by atoms with Crippen molar-refractivity contribution in [3.8, 4) is 5.69 Å². The smallest absolute Gasteiger partial charge is 0.335 e. The van der Waals surface area contributed by atoms with Crippen molar-refractivity contribution in [3.63, 3.8) is 0 Å². The number of hydrogen-bond donors (Lipinski definition) is 1. The summed E-state index contributed by atoms with van der Waals surface area (Å²) < 4.78 is 15.3. The molecule has 0 saturated carbocycles. The first-order valence-corrected chi connectivity index (χ1v) is 6.46. The number of hydrogen-bond acceptors (Lipinski definition) is 2. The van der Waals surface area contributed by atoms with E-state index in [1.54, 1.807) is 22.8 Å². The molecule has 0 aliphatic heterocycles. The lowest BCUT2D eigenvalue weighted by Gasteiger charge is -2.10. The van der Waals surface area contributed by atoms with Gasteiger partial charge in [-0.05, 0) is 49.7 Å². The van der Waals surface area contributed by atoms with Gasteiger partial charge < -0.3 is 5.11 Å². The normalized spacial score (nSPS) is 11.0. The minimum absolute atomic E-state index is 0.178. The van der Waals surface area contributed by atoms with Gasteiger partial charge in [-0.25, -0.2) is 14.2 Å². The van der Waals surface area contributed by atoms with Crippen molar-refractivity contribution in [2.75, 3.05) is 0 Å². The maximum Gasteiger partial charge on any atom is 0.335 e. The van der Waals surface area contributed by atoms with E-state index in [1.165, 1.54) is 18.2 Å². The third-order valence-corrected chi connectivity index (χ3v) is 3.48. The van der Waals surface area contributed by atoms with E-state index >= 15 is 0 Å². The van der Waals surface area contributed by atoms with Gasteiger partial charge in [-0.15, -0.1) is 0 Å². The summed E-state index contributed by atoms with van der Waals surface area (Å²) in [4.78, 5) is 15.5. The molecule has 1 N–H and O–H groups in total. The van der Waals surface area contributed by atoms with Crippen LogP contribution in [0.5, 0.6) is 0 Å². The van der Waals surface area contributed by atoms with Crippen LogP contribution in [0.3, 0.4) is 0 Å². The molecule has 1 heterocycles. The minimum atomic E-state index is -1.00.